The van der Waals surface area contributed by atoms with Crippen molar-refractivity contribution < 1.29 is 0 Å². The second-order valence-electron chi connectivity index (χ2n) is 4.43. The molecule has 2 heterocycles. The van der Waals surface area contributed by atoms with Crippen molar-refractivity contribution in [3.63, 3.8) is 0 Å². The van der Waals surface area contributed by atoms with Crippen molar-refractivity contribution in [2.45, 2.75) is 39.2 Å². The van der Waals surface area contributed by atoms with Crippen LogP contribution in [0.25, 0.3) is 15.9 Å². The van der Waals surface area contributed by atoms with E-state index in [0.717, 1.165) is 18.4 Å². The van der Waals surface area contributed by atoms with Gasteiger partial charge in [0.1, 0.15) is 11.7 Å². The van der Waals surface area contributed by atoms with Crippen LogP contribution in [-0.4, -0.2) is 14.5 Å². The highest BCUT2D eigenvalue weighted by Crippen LogP contribution is 2.30. The molecule has 0 aliphatic carbocycles. The van der Waals surface area contributed by atoms with Gasteiger partial charge in [0.25, 0.3) is 5.82 Å². The standard InChI is InChI=1S/C13H16N4/c1-5-13(3,6-2)17-9-16-11-10(17)7-8-15-12(11)14-4/h7-9H,5-6H2,1-3H3. The first-order valence-electron chi connectivity index (χ1n) is 5.86. The molecule has 0 bridgehead atoms. The SMILES string of the molecule is [C-]#[N+]c1nccc2c1ncn2C(C)(CC)CC. The summed E-state index contributed by atoms with van der Waals surface area (Å²) in [5.41, 5.74) is 1.75. The fourth-order valence-corrected chi connectivity index (χ4v) is 2.03. The number of hydrogen-bond donors (Lipinski definition) is 0. The predicted octanol–water partition coefficient (Wildman–Crippen LogP) is 3.52. The lowest BCUT2D eigenvalue weighted by Crippen LogP contribution is -2.27. The largest absolute Gasteiger partial charge is 0.359 e. The molecule has 0 N–H and O–H groups in total. The molecule has 2 aromatic rings. The summed E-state index contributed by atoms with van der Waals surface area (Å²) < 4.78 is 2.17. The molecule has 0 aromatic carbocycles. The second kappa shape index (κ2) is 4.17. The third kappa shape index (κ3) is 1.68. The number of rotatable bonds is 3. The van der Waals surface area contributed by atoms with E-state index >= 15 is 0 Å². The first-order valence-corrected chi connectivity index (χ1v) is 5.86. The Bertz CT molecular complexity index is 573. The molecule has 2 aromatic heterocycles. The van der Waals surface area contributed by atoms with Gasteiger partial charge in [-0.05, 0) is 19.8 Å². The van der Waals surface area contributed by atoms with Crippen molar-refractivity contribution in [1.29, 1.82) is 0 Å². The van der Waals surface area contributed by atoms with Gasteiger partial charge >= 0.3 is 0 Å². The van der Waals surface area contributed by atoms with E-state index < -0.39 is 0 Å². The van der Waals surface area contributed by atoms with E-state index in [0.29, 0.717) is 11.3 Å². The summed E-state index contributed by atoms with van der Waals surface area (Å²) >= 11 is 0. The highest BCUT2D eigenvalue weighted by Gasteiger charge is 2.24. The Morgan fingerprint density at radius 1 is 1.35 bits per heavy atom. The quantitative estimate of drug-likeness (QED) is 0.753. The molecule has 0 spiro atoms. The van der Waals surface area contributed by atoms with Gasteiger partial charge in [-0.3, -0.25) is 0 Å². The second-order valence-corrected chi connectivity index (χ2v) is 4.43. The average Bonchev–Trinajstić information content (AvgIpc) is 2.82. The lowest BCUT2D eigenvalue weighted by atomic mass is 9.95. The summed E-state index contributed by atoms with van der Waals surface area (Å²) in [6, 6.07) is 1.93. The van der Waals surface area contributed by atoms with Crippen LogP contribution < -0.4 is 0 Å². The molecule has 88 valence electrons. The van der Waals surface area contributed by atoms with Crippen LogP contribution in [0.4, 0.5) is 5.82 Å². The lowest BCUT2D eigenvalue weighted by Gasteiger charge is -2.29. The minimum Gasteiger partial charge on any atom is -0.359 e. The Kier molecular flexibility index (Phi) is 2.84. The van der Waals surface area contributed by atoms with Crippen LogP contribution in [-0.2, 0) is 5.54 Å². The average molecular weight is 228 g/mol. The molecule has 0 atom stereocenters. The summed E-state index contributed by atoms with van der Waals surface area (Å²) in [5.74, 6) is 0.385. The Balaban J connectivity index is 2.70. The maximum Gasteiger partial charge on any atom is 0.297 e. The summed E-state index contributed by atoms with van der Waals surface area (Å²) in [5, 5.41) is 0. The van der Waals surface area contributed by atoms with E-state index in [1.165, 1.54) is 0 Å². The fraction of sp³-hybridized carbons (Fsp3) is 0.462. The number of hydrogen-bond acceptors (Lipinski definition) is 2. The zero-order valence-corrected chi connectivity index (χ0v) is 10.4. The van der Waals surface area contributed by atoms with Crippen molar-refractivity contribution in [3.8, 4) is 0 Å². The van der Waals surface area contributed by atoms with Gasteiger partial charge in [-0.2, -0.15) is 0 Å². The number of aromatic nitrogens is 3. The molecule has 4 nitrogen and oxygen atoms in total. The lowest BCUT2D eigenvalue weighted by molar-refractivity contribution is 0.302. The summed E-state index contributed by atoms with van der Waals surface area (Å²) in [6.45, 7) is 13.7. The van der Waals surface area contributed by atoms with E-state index in [1.807, 2.05) is 12.4 Å². The van der Waals surface area contributed by atoms with Gasteiger partial charge in [-0.15, -0.1) is 4.98 Å². The van der Waals surface area contributed by atoms with Crippen LogP contribution in [0.3, 0.4) is 0 Å². The predicted molar refractivity (Wildman–Crippen MR) is 68.0 cm³/mol. The van der Waals surface area contributed by atoms with E-state index in [4.69, 9.17) is 6.57 Å². The van der Waals surface area contributed by atoms with Crippen molar-refractivity contribution >= 4 is 16.9 Å². The molecule has 4 heteroatoms. The minimum atomic E-state index is 0.0510. The van der Waals surface area contributed by atoms with Gasteiger partial charge in [0.15, 0.2) is 0 Å². The Hall–Kier alpha value is -1.89. The molecule has 0 radical (unpaired) electrons. The van der Waals surface area contributed by atoms with Crippen LogP contribution >= 0.6 is 0 Å². The number of pyridine rings is 1. The van der Waals surface area contributed by atoms with Crippen LogP contribution in [0.1, 0.15) is 33.6 Å². The smallest absolute Gasteiger partial charge is 0.297 e. The van der Waals surface area contributed by atoms with E-state index in [1.54, 1.807) is 6.20 Å². The first-order chi connectivity index (χ1) is 8.16. The Morgan fingerprint density at radius 2 is 2.06 bits per heavy atom. The molecular weight excluding hydrogens is 212 g/mol. The summed E-state index contributed by atoms with van der Waals surface area (Å²) in [6.07, 6.45) is 5.57. The molecule has 17 heavy (non-hydrogen) atoms. The van der Waals surface area contributed by atoms with Gasteiger partial charge in [0.2, 0.25) is 0 Å². The topological polar surface area (TPSA) is 35.1 Å². The zero-order valence-electron chi connectivity index (χ0n) is 10.4. The van der Waals surface area contributed by atoms with Crippen molar-refractivity contribution in [1.82, 2.24) is 14.5 Å². The van der Waals surface area contributed by atoms with Gasteiger partial charge in [0.05, 0.1) is 11.8 Å². The maximum absolute atomic E-state index is 7.09. The molecule has 0 saturated carbocycles. The fourth-order valence-electron chi connectivity index (χ4n) is 2.03. The molecule has 0 aliphatic rings. The number of fused-ring (bicyclic) bond motifs is 1. The van der Waals surface area contributed by atoms with Crippen LogP contribution in [0.2, 0.25) is 0 Å². The molecule has 2 rings (SSSR count). The first kappa shape index (κ1) is 11.6. The van der Waals surface area contributed by atoms with E-state index in [2.05, 4.69) is 40.2 Å². The van der Waals surface area contributed by atoms with Crippen molar-refractivity contribution in [2.24, 2.45) is 0 Å². The highest BCUT2D eigenvalue weighted by atomic mass is 15.1. The van der Waals surface area contributed by atoms with Crippen molar-refractivity contribution in [2.75, 3.05) is 0 Å². The molecule has 0 saturated heterocycles. The van der Waals surface area contributed by atoms with Crippen LogP contribution in [0.15, 0.2) is 18.6 Å². The monoisotopic (exact) mass is 228 g/mol. The van der Waals surface area contributed by atoms with Gasteiger partial charge in [-0.25, -0.2) is 4.98 Å². The van der Waals surface area contributed by atoms with E-state index in [9.17, 15) is 0 Å². The third-order valence-electron chi connectivity index (χ3n) is 3.66. The molecular formula is C13H16N4. The number of imidazole rings is 1. The highest BCUT2D eigenvalue weighted by molar-refractivity contribution is 5.86. The molecule has 0 amide bonds. The normalized spacial score (nSPS) is 11.6. The Morgan fingerprint density at radius 3 is 2.65 bits per heavy atom. The van der Waals surface area contributed by atoms with Crippen LogP contribution in [0.5, 0.6) is 0 Å². The van der Waals surface area contributed by atoms with E-state index in [-0.39, 0.29) is 5.54 Å². The molecule has 0 fully saturated rings. The van der Waals surface area contributed by atoms with Gasteiger partial charge < -0.3 is 9.41 Å². The third-order valence-corrected chi connectivity index (χ3v) is 3.66. The van der Waals surface area contributed by atoms with Crippen LogP contribution in [0, 0.1) is 6.57 Å². The Labute approximate surface area is 101 Å². The van der Waals surface area contributed by atoms with Crippen molar-refractivity contribution in [3.05, 3.63) is 30.0 Å². The maximum atomic E-state index is 7.09. The number of nitrogens with zero attached hydrogens (tertiary/aromatic N) is 4. The molecule has 0 unspecified atom stereocenters. The minimum absolute atomic E-state index is 0.0510. The summed E-state index contributed by atoms with van der Waals surface area (Å²) in [4.78, 5) is 11.8. The molecule has 0 aliphatic heterocycles. The summed E-state index contributed by atoms with van der Waals surface area (Å²) in [7, 11) is 0. The van der Waals surface area contributed by atoms with Gasteiger partial charge in [0, 0.05) is 11.6 Å². The zero-order chi connectivity index (χ0) is 12.5. The van der Waals surface area contributed by atoms with Gasteiger partial charge in [-0.1, -0.05) is 20.4 Å².